The number of nitro groups is 1. The van der Waals surface area contributed by atoms with Crippen LogP contribution in [0.15, 0.2) is 70.5 Å². The van der Waals surface area contributed by atoms with Gasteiger partial charge in [-0.25, -0.2) is 26.1 Å². The van der Waals surface area contributed by atoms with Crippen molar-refractivity contribution < 1.29 is 26.5 Å². The molecule has 1 aromatic heterocycles. The van der Waals surface area contributed by atoms with Crippen molar-refractivity contribution in [3.63, 3.8) is 0 Å². The van der Waals surface area contributed by atoms with E-state index in [1.54, 1.807) is 12.1 Å². The Kier molecular flexibility index (Phi) is 6.00. The van der Waals surface area contributed by atoms with Crippen molar-refractivity contribution in [3.8, 4) is 0 Å². The van der Waals surface area contributed by atoms with Gasteiger partial charge in [0, 0.05) is 24.2 Å². The van der Waals surface area contributed by atoms with E-state index in [-0.39, 0.29) is 39.6 Å². The molecule has 1 fully saturated rings. The fourth-order valence-electron chi connectivity index (χ4n) is 4.32. The molecule has 5 rings (SSSR count). The largest absolute Gasteiger partial charge is 0.354 e. The summed E-state index contributed by atoms with van der Waals surface area (Å²) in [6.07, 6.45) is -1.24. The highest BCUT2D eigenvalue weighted by Gasteiger charge is 2.54. The molecule has 3 heterocycles. The number of pyridine rings is 1. The van der Waals surface area contributed by atoms with Crippen molar-refractivity contribution in [1.29, 1.82) is 0 Å². The molecule has 2 aromatic carbocycles. The van der Waals surface area contributed by atoms with Crippen LogP contribution in [0.5, 0.6) is 0 Å². The van der Waals surface area contributed by atoms with E-state index in [0.29, 0.717) is 5.56 Å². The molecule has 188 valence electrons. The summed E-state index contributed by atoms with van der Waals surface area (Å²) < 4.78 is 62.7. The van der Waals surface area contributed by atoms with Crippen molar-refractivity contribution in [2.75, 3.05) is 17.5 Å². The van der Waals surface area contributed by atoms with E-state index in [1.807, 2.05) is 6.92 Å². The van der Waals surface area contributed by atoms with E-state index in [0.717, 1.165) is 38.4 Å². The first-order valence-electron chi connectivity index (χ1n) is 10.7. The molecule has 0 bridgehead atoms. The van der Waals surface area contributed by atoms with Crippen molar-refractivity contribution in [2.45, 2.75) is 29.0 Å². The van der Waals surface area contributed by atoms with Gasteiger partial charge in [0.25, 0.3) is 15.7 Å². The maximum Gasteiger partial charge on any atom is 0.269 e. The maximum atomic E-state index is 13.7. The number of aromatic nitrogens is 1. The topological polar surface area (TPSA) is 140 Å². The van der Waals surface area contributed by atoms with Gasteiger partial charge in [0.1, 0.15) is 5.15 Å². The molecule has 11 nitrogen and oxygen atoms in total. The van der Waals surface area contributed by atoms with Crippen LogP contribution in [0.25, 0.3) is 0 Å². The molecule has 0 saturated carbocycles. The molecule has 2 aliphatic rings. The minimum atomic E-state index is -4.21. The molecule has 0 N–H and O–H groups in total. The van der Waals surface area contributed by atoms with E-state index >= 15 is 0 Å². The number of nitro benzene ring substituents is 1. The van der Waals surface area contributed by atoms with Gasteiger partial charge in [-0.2, -0.15) is 4.31 Å². The van der Waals surface area contributed by atoms with Crippen LogP contribution >= 0.6 is 11.6 Å². The molecule has 0 unspecified atom stereocenters. The number of ether oxygens (including phenoxy) is 1. The average Bonchev–Trinajstić information content (AvgIpc) is 3.18. The lowest BCUT2D eigenvalue weighted by Crippen LogP contribution is -2.52. The first kappa shape index (κ1) is 24.6. The molecule has 2 atom stereocenters. The summed E-state index contributed by atoms with van der Waals surface area (Å²) in [5, 5.41) is 11.0. The van der Waals surface area contributed by atoms with E-state index in [4.69, 9.17) is 16.3 Å². The third-order valence-corrected chi connectivity index (χ3v) is 9.91. The smallest absolute Gasteiger partial charge is 0.269 e. The number of sulfonamides is 2. The number of non-ortho nitro benzene ring substituents is 1. The Labute approximate surface area is 212 Å². The Bertz CT molecular complexity index is 1560. The Morgan fingerprint density at radius 3 is 2.22 bits per heavy atom. The molecule has 36 heavy (non-hydrogen) atoms. The summed E-state index contributed by atoms with van der Waals surface area (Å²) in [6.45, 7) is 1.67. The molecule has 2 aliphatic heterocycles. The van der Waals surface area contributed by atoms with Gasteiger partial charge in [0.15, 0.2) is 12.0 Å². The summed E-state index contributed by atoms with van der Waals surface area (Å²) in [6, 6.07) is 12.6. The van der Waals surface area contributed by atoms with Crippen LogP contribution in [0.4, 0.5) is 11.5 Å². The quantitative estimate of drug-likeness (QED) is 0.268. The van der Waals surface area contributed by atoms with Gasteiger partial charge in [-0.05, 0) is 37.3 Å². The normalized spacial score (nSPS) is 20.1. The third kappa shape index (κ3) is 3.92. The van der Waals surface area contributed by atoms with Crippen molar-refractivity contribution in [3.05, 3.63) is 87.1 Å². The molecule has 0 radical (unpaired) electrons. The zero-order valence-electron chi connectivity index (χ0n) is 18.7. The summed E-state index contributed by atoms with van der Waals surface area (Å²) in [5.74, 6) is -0.0242. The number of anilines is 1. The monoisotopic (exact) mass is 550 g/mol. The van der Waals surface area contributed by atoms with Crippen LogP contribution in [0.1, 0.15) is 17.2 Å². The molecule has 14 heteroatoms. The van der Waals surface area contributed by atoms with E-state index in [9.17, 15) is 26.9 Å². The first-order chi connectivity index (χ1) is 17.0. The van der Waals surface area contributed by atoms with Gasteiger partial charge in [-0.1, -0.05) is 35.4 Å². The van der Waals surface area contributed by atoms with Gasteiger partial charge in [0.2, 0.25) is 10.0 Å². The van der Waals surface area contributed by atoms with Gasteiger partial charge in [-0.3, -0.25) is 10.1 Å². The van der Waals surface area contributed by atoms with Crippen LogP contribution in [0, 0.1) is 17.0 Å². The van der Waals surface area contributed by atoms with Crippen LogP contribution in [0.3, 0.4) is 0 Å². The molecular formula is C22H19ClN4O7S2. The Morgan fingerprint density at radius 2 is 1.58 bits per heavy atom. The van der Waals surface area contributed by atoms with Crippen molar-refractivity contribution in [1.82, 2.24) is 9.29 Å². The van der Waals surface area contributed by atoms with E-state index in [1.165, 1.54) is 24.3 Å². The number of nitrogens with zero attached hydrogens (tertiary/aromatic N) is 4. The number of aryl methyl sites for hydroxylation is 1. The third-order valence-electron chi connectivity index (χ3n) is 6.04. The lowest BCUT2D eigenvalue weighted by atomic mass is 10.1. The van der Waals surface area contributed by atoms with Gasteiger partial charge in [0.05, 0.1) is 27.4 Å². The zero-order chi connectivity index (χ0) is 25.8. The molecule has 0 amide bonds. The predicted molar refractivity (Wildman–Crippen MR) is 130 cm³/mol. The number of halogens is 1. The van der Waals surface area contributed by atoms with Crippen molar-refractivity contribution >= 4 is 43.2 Å². The standard InChI is InChI=1S/C22H19ClN4O7S2/c1-14-2-6-17(7-3-14)36(32,33)26-21-18(10-11-19(23)24-21)20-22(26)34-13-12-25(20)35(30,31)16-8-4-15(5-9-16)27(28)29/h2-11,20,22H,12-13H2,1H3/t20-,22-/m1/s1. The van der Waals surface area contributed by atoms with Crippen molar-refractivity contribution in [2.24, 2.45) is 0 Å². The highest BCUT2D eigenvalue weighted by molar-refractivity contribution is 7.93. The van der Waals surface area contributed by atoms with Crippen LogP contribution < -0.4 is 4.31 Å². The minimum Gasteiger partial charge on any atom is -0.354 e. The van der Waals surface area contributed by atoms with Crippen LogP contribution in [-0.4, -0.2) is 50.4 Å². The number of fused-ring (bicyclic) bond motifs is 3. The summed E-state index contributed by atoms with van der Waals surface area (Å²) in [4.78, 5) is 14.4. The number of morpholine rings is 1. The Hall–Kier alpha value is -3.10. The van der Waals surface area contributed by atoms with Gasteiger partial charge in [-0.15, -0.1) is 0 Å². The van der Waals surface area contributed by atoms with E-state index in [2.05, 4.69) is 4.98 Å². The fraction of sp³-hybridized carbons (Fsp3) is 0.227. The lowest BCUT2D eigenvalue weighted by Gasteiger charge is -2.38. The maximum absolute atomic E-state index is 13.7. The molecular weight excluding hydrogens is 532 g/mol. The Morgan fingerprint density at radius 1 is 0.972 bits per heavy atom. The first-order valence-corrected chi connectivity index (χ1v) is 13.9. The highest BCUT2D eigenvalue weighted by Crippen LogP contribution is 2.48. The second-order valence-corrected chi connectivity index (χ2v) is 12.3. The summed E-state index contributed by atoms with van der Waals surface area (Å²) in [7, 11) is -8.42. The average molecular weight is 551 g/mol. The second-order valence-electron chi connectivity index (χ2n) is 8.23. The SMILES string of the molecule is Cc1ccc(S(=O)(=O)N2c3nc(Cl)ccc3[C@@H]3[C@H]2OCCN3S(=O)(=O)c2ccc([N+](=O)[O-])cc2)cc1. The summed E-state index contributed by atoms with van der Waals surface area (Å²) >= 11 is 6.11. The molecule has 1 saturated heterocycles. The molecule has 3 aromatic rings. The van der Waals surface area contributed by atoms with E-state index < -0.39 is 37.2 Å². The lowest BCUT2D eigenvalue weighted by molar-refractivity contribution is -0.384. The van der Waals surface area contributed by atoms with Gasteiger partial charge >= 0.3 is 0 Å². The number of rotatable bonds is 5. The summed E-state index contributed by atoms with van der Waals surface area (Å²) in [5.41, 5.74) is 0.920. The number of benzene rings is 2. The number of hydrogen-bond donors (Lipinski definition) is 0. The van der Waals surface area contributed by atoms with Crippen LogP contribution in [-0.2, 0) is 24.8 Å². The van der Waals surface area contributed by atoms with Gasteiger partial charge < -0.3 is 4.74 Å². The zero-order valence-corrected chi connectivity index (χ0v) is 21.1. The number of hydrogen-bond acceptors (Lipinski definition) is 8. The second kappa shape index (κ2) is 8.78. The fourth-order valence-corrected chi connectivity index (χ4v) is 7.58. The minimum absolute atomic E-state index is 0.0135. The highest BCUT2D eigenvalue weighted by atomic mass is 35.5. The predicted octanol–water partition coefficient (Wildman–Crippen LogP) is 3.25. The Balaban J connectivity index is 1.62. The van der Waals surface area contributed by atoms with Crippen LogP contribution in [0.2, 0.25) is 5.15 Å². The molecule has 0 aliphatic carbocycles. The molecule has 0 spiro atoms.